The third-order valence-corrected chi connectivity index (χ3v) is 2.75. The molecule has 0 spiro atoms. The molecule has 1 amide bonds. The molecule has 0 aromatic carbocycles. The van der Waals surface area contributed by atoms with Crippen LogP contribution in [0.15, 0.2) is 0 Å². The van der Waals surface area contributed by atoms with Gasteiger partial charge in [-0.3, -0.25) is 4.79 Å². The van der Waals surface area contributed by atoms with Gasteiger partial charge in [0.1, 0.15) is 0 Å². The molecule has 1 aliphatic rings. The maximum absolute atomic E-state index is 11.5. The highest BCUT2D eigenvalue weighted by molar-refractivity contribution is 5.76. The van der Waals surface area contributed by atoms with Gasteiger partial charge in [-0.15, -0.1) is 0 Å². The van der Waals surface area contributed by atoms with Crippen molar-refractivity contribution in [3.8, 4) is 0 Å². The summed E-state index contributed by atoms with van der Waals surface area (Å²) in [4.78, 5) is 13.6. The maximum atomic E-state index is 11.5. The number of nitrogens with zero attached hydrogens (tertiary/aromatic N) is 1. The van der Waals surface area contributed by atoms with Gasteiger partial charge in [0.15, 0.2) is 0 Å². The fourth-order valence-corrected chi connectivity index (χ4v) is 2.02. The average molecular weight is 184 g/mol. The predicted octanol–water partition coefficient (Wildman–Crippen LogP) is 1.13. The number of rotatable bonds is 3. The van der Waals surface area contributed by atoms with Gasteiger partial charge in [0, 0.05) is 19.0 Å². The molecule has 1 fully saturated rings. The Morgan fingerprint density at radius 2 is 2.31 bits per heavy atom. The van der Waals surface area contributed by atoms with Crippen LogP contribution in [0.4, 0.5) is 0 Å². The lowest BCUT2D eigenvalue weighted by Gasteiger charge is -2.35. The maximum Gasteiger partial charge on any atom is 0.222 e. The molecule has 3 heteroatoms. The molecule has 1 unspecified atom stereocenters. The van der Waals surface area contributed by atoms with Gasteiger partial charge in [-0.05, 0) is 32.2 Å². The van der Waals surface area contributed by atoms with Crippen LogP contribution in [0.5, 0.6) is 0 Å². The van der Waals surface area contributed by atoms with E-state index in [0.717, 1.165) is 25.8 Å². The van der Waals surface area contributed by atoms with E-state index in [0.29, 0.717) is 19.0 Å². The van der Waals surface area contributed by atoms with E-state index in [1.165, 1.54) is 6.42 Å². The van der Waals surface area contributed by atoms with Gasteiger partial charge in [0.05, 0.1) is 0 Å². The smallest absolute Gasteiger partial charge is 0.222 e. The molecule has 0 aromatic rings. The zero-order valence-corrected chi connectivity index (χ0v) is 8.46. The first-order valence-electron chi connectivity index (χ1n) is 5.29. The second kappa shape index (κ2) is 5.22. The normalized spacial score (nSPS) is 23.2. The third kappa shape index (κ3) is 2.69. The van der Waals surface area contributed by atoms with Crippen molar-refractivity contribution in [1.29, 1.82) is 0 Å². The minimum atomic E-state index is 0.290. The van der Waals surface area contributed by atoms with E-state index < -0.39 is 0 Å². The highest BCUT2D eigenvalue weighted by Gasteiger charge is 2.24. The number of hydrogen-bond donors (Lipinski definition) is 1. The van der Waals surface area contributed by atoms with Crippen LogP contribution in [-0.4, -0.2) is 29.9 Å². The second-order valence-corrected chi connectivity index (χ2v) is 3.67. The molecule has 13 heavy (non-hydrogen) atoms. The summed E-state index contributed by atoms with van der Waals surface area (Å²) in [6, 6.07) is 0.422. The van der Waals surface area contributed by atoms with Crippen LogP contribution in [0.1, 0.15) is 39.0 Å². The molecular weight excluding hydrogens is 164 g/mol. The van der Waals surface area contributed by atoms with Crippen molar-refractivity contribution in [2.75, 3.05) is 13.1 Å². The summed E-state index contributed by atoms with van der Waals surface area (Å²) in [6.45, 7) is 3.56. The number of likely N-dealkylation sites (tertiary alicyclic amines) is 1. The molecule has 1 heterocycles. The summed E-state index contributed by atoms with van der Waals surface area (Å²) >= 11 is 0. The number of hydrogen-bond acceptors (Lipinski definition) is 2. The summed E-state index contributed by atoms with van der Waals surface area (Å²) in [6.07, 6.45) is 5.14. The monoisotopic (exact) mass is 184 g/mol. The van der Waals surface area contributed by atoms with Crippen molar-refractivity contribution in [2.24, 2.45) is 5.73 Å². The Labute approximate surface area is 80.3 Å². The van der Waals surface area contributed by atoms with Crippen LogP contribution in [0.25, 0.3) is 0 Å². The average Bonchev–Trinajstić information content (AvgIpc) is 2.18. The summed E-state index contributed by atoms with van der Waals surface area (Å²) < 4.78 is 0. The van der Waals surface area contributed by atoms with E-state index >= 15 is 0 Å². The Morgan fingerprint density at radius 1 is 1.54 bits per heavy atom. The lowest BCUT2D eigenvalue weighted by Crippen LogP contribution is -2.44. The largest absolute Gasteiger partial charge is 0.340 e. The molecule has 0 saturated carbocycles. The van der Waals surface area contributed by atoms with Gasteiger partial charge < -0.3 is 10.6 Å². The standard InChI is InChI=1S/C10H20N2O/c1-2-10(13)12-8-4-3-5-9(12)6-7-11/h9H,2-8,11H2,1H3. The third-order valence-electron chi connectivity index (χ3n) is 2.75. The Hall–Kier alpha value is -0.570. The summed E-state index contributed by atoms with van der Waals surface area (Å²) in [5.41, 5.74) is 5.53. The van der Waals surface area contributed by atoms with Gasteiger partial charge in [0.2, 0.25) is 5.91 Å². The summed E-state index contributed by atoms with van der Waals surface area (Å²) in [5.74, 6) is 0.290. The first-order valence-corrected chi connectivity index (χ1v) is 5.29. The molecule has 3 nitrogen and oxygen atoms in total. The molecule has 0 aromatic heterocycles. The summed E-state index contributed by atoms with van der Waals surface area (Å²) in [7, 11) is 0. The van der Waals surface area contributed by atoms with Crippen LogP contribution in [0, 0.1) is 0 Å². The minimum Gasteiger partial charge on any atom is -0.340 e. The lowest BCUT2D eigenvalue weighted by molar-refractivity contribution is -0.134. The molecule has 1 atom stereocenters. The van der Waals surface area contributed by atoms with Crippen LogP contribution >= 0.6 is 0 Å². The zero-order chi connectivity index (χ0) is 9.68. The van der Waals surface area contributed by atoms with Crippen LogP contribution < -0.4 is 5.73 Å². The first-order chi connectivity index (χ1) is 6.29. The van der Waals surface area contributed by atoms with Crippen molar-refractivity contribution >= 4 is 5.91 Å². The fourth-order valence-electron chi connectivity index (χ4n) is 2.02. The van der Waals surface area contributed by atoms with E-state index in [1.54, 1.807) is 0 Å². The number of carbonyl (C=O) groups excluding carboxylic acids is 1. The number of piperidine rings is 1. The molecule has 2 N–H and O–H groups in total. The number of carbonyl (C=O) groups is 1. The minimum absolute atomic E-state index is 0.290. The predicted molar refractivity (Wildman–Crippen MR) is 53.3 cm³/mol. The van der Waals surface area contributed by atoms with E-state index in [2.05, 4.69) is 0 Å². The van der Waals surface area contributed by atoms with Gasteiger partial charge in [-0.25, -0.2) is 0 Å². The highest BCUT2D eigenvalue weighted by atomic mass is 16.2. The number of amides is 1. The molecule has 1 saturated heterocycles. The van der Waals surface area contributed by atoms with Gasteiger partial charge in [-0.2, -0.15) is 0 Å². The van der Waals surface area contributed by atoms with Crippen LogP contribution in [-0.2, 0) is 4.79 Å². The van der Waals surface area contributed by atoms with Crippen LogP contribution in [0.2, 0.25) is 0 Å². The molecule has 76 valence electrons. The van der Waals surface area contributed by atoms with Crippen molar-refractivity contribution in [3.05, 3.63) is 0 Å². The van der Waals surface area contributed by atoms with E-state index in [9.17, 15) is 4.79 Å². The molecule has 0 aliphatic carbocycles. The Kier molecular flexibility index (Phi) is 4.22. The number of nitrogens with two attached hydrogens (primary N) is 1. The van der Waals surface area contributed by atoms with Crippen LogP contribution in [0.3, 0.4) is 0 Å². The Balaban J connectivity index is 2.50. The van der Waals surface area contributed by atoms with Crippen molar-refractivity contribution in [3.63, 3.8) is 0 Å². The fraction of sp³-hybridized carbons (Fsp3) is 0.900. The zero-order valence-electron chi connectivity index (χ0n) is 8.46. The van der Waals surface area contributed by atoms with Gasteiger partial charge in [0.25, 0.3) is 0 Å². The quantitative estimate of drug-likeness (QED) is 0.714. The Morgan fingerprint density at radius 3 is 2.92 bits per heavy atom. The van der Waals surface area contributed by atoms with Crippen molar-refractivity contribution in [1.82, 2.24) is 4.90 Å². The molecule has 0 radical (unpaired) electrons. The SMILES string of the molecule is CCC(=O)N1CCCCC1CCN. The van der Waals surface area contributed by atoms with Crippen molar-refractivity contribution in [2.45, 2.75) is 45.1 Å². The molecule has 0 bridgehead atoms. The van der Waals surface area contributed by atoms with E-state index in [1.807, 2.05) is 11.8 Å². The summed E-state index contributed by atoms with van der Waals surface area (Å²) in [5, 5.41) is 0. The highest BCUT2D eigenvalue weighted by Crippen LogP contribution is 2.19. The van der Waals surface area contributed by atoms with Crippen molar-refractivity contribution < 1.29 is 4.79 Å². The lowest BCUT2D eigenvalue weighted by atomic mass is 9.99. The second-order valence-electron chi connectivity index (χ2n) is 3.67. The van der Waals surface area contributed by atoms with Gasteiger partial charge in [-0.1, -0.05) is 6.92 Å². The molecular formula is C10H20N2O. The van der Waals surface area contributed by atoms with Gasteiger partial charge >= 0.3 is 0 Å². The topological polar surface area (TPSA) is 46.3 Å². The Bertz CT molecular complexity index is 168. The first kappa shape index (κ1) is 10.5. The molecule has 1 rings (SSSR count). The van der Waals surface area contributed by atoms with E-state index in [-0.39, 0.29) is 5.91 Å². The molecule has 1 aliphatic heterocycles. The van der Waals surface area contributed by atoms with E-state index in [4.69, 9.17) is 5.73 Å².